The van der Waals surface area contributed by atoms with Gasteiger partial charge in [-0.1, -0.05) is 13.8 Å². The molecular weight excluding hydrogens is 238 g/mol. The first-order valence-corrected chi connectivity index (χ1v) is 7.81. The van der Waals surface area contributed by atoms with Gasteiger partial charge >= 0.3 is 0 Å². The minimum Gasteiger partial charge on any atom is -0.323 e. The minimum atomic E-state index is -3.24. The first kappa shape index (κ1) is 13.3. The van der Waals surface area contributed by atoms with Gasteiger partial charge in [0.1, 0.15) is 0 Å². The molecule has 5 nitrogen and oxygen atoms in total. The largest absolute Gasteiger partial charge is 0.323 e. The molecule has 0 aliphatic carbocycles. The lowest BCUT2D eigenvalue weighted by molar-refractivity contribution is 0.138. The predicted octanol–water partition coefficient (Wildman–Crippen LogP) is 0.386. The van der Waals surface area contributed by atoms with E-state index in [0.29, 0.717) is 32.1 Å². The summed E-state index contributed by atoms with van der Waals surface area (Å²) >= 11 is 0. The second-order valence-electron chi connectivity index (χ2n) is 5.57. The Morgan fingerprint density at radius 3 is 2.24 bits per heavy atom. The van der Waals surface area contributed by atoms with Crippen LogP contribution in [0.1, 0.15) is 33.1 Å². The number of hydrogen-bond donors (Lipinski definition) is 1. The topological polar surface area (TPSA) is 66.6 Å². The average Bonchev–Trinajstić information content (AvgIpc) is 2.25. The van der Waals surface area contributed by atoms with Crippen molar-refractivity contribution in [3.63, 3.8) is 0 Å². The van der Waals surface area contributed by atoms with Crippen LogP contribution in [0.2, 0.25) is 0 Å². The molecule has 2 saturated heterocycles. The van der Waals surface area contributed by atoms with Crippen molar-refractivity contribution >= 4 is 10.2 Å². The minimum absolute atomic E-state index is 0.295. The van der Waals surface area contributed by atoms with E-state index in [-0.39, 0.29) is 5.54 Å². The molecule has 2 fully saturated rings. The lowest BCUT2D eigenvalue weighted by atomic mass is 9.91. The summed E-state index contributed by atoms with van der Waals surface area (Å²) in [5.41, 5.74) is 5.72. The molecule has 0 unspecified atom stereocenters. The van der Waals surface area contributed by atoms with E-state index in [0.717, 1.165) is 19.3 Å². The summed E-state index contributed by atoms with van der Waals surface area (Å²) in [5.74, 6) is 0.641. The summed E-state index contributed by atoms with van der Waals surface area (Å²) in [6.07, 6.45) is 2.76. The third-order valence-electron chi connectivity index (χ3n) is 4.08. The van der Waals surface area contributed by atoms with Gasteiger partial charge in [-0.05, 0) is 25.2 Å². The van der Waals surface area contributed by atoms with E-state index >= 15 is 0 Å². The summed E-state index contributed by atoms with van der Waals surface area (Å²) in [6.45, 7) is 6.44. The number of piperidine rings is 1. The smallest absolute Gasteiger partial charge is 0.282 e. The van der Waals surface area contributed by atoms with Crippen LogP contribution in [-0.4, -0.2) is 48.7 Å². The Labute approximate surface area is 104 Å². The van der Waals surface area contributed by atoms with Crippen molar-refractivity contribution in [1.29, 1.82) is 0 Å². The molecule has 0 bridgehead atoms. The quantitative estimate of drug-likeness (QED) is 0.799. The molecule has 0 aromatic carbocycles. The van der Waals surface area contributed by atoms with E-state index < -0.39 is 10.2 Å². The number of nitrogens with zero attached hydrogens (tertiary/aromatic N) is 2. The summed E-state index contributed by atoms with van der Waals surface area (Å²) in [4.78, 5) is 0. The fourth-order valence-corrected chi connectivity index (χ4v) is 4.26. The van der Waals surface area contributed by atoms with Gasteiger partial charge in [0.15, 0.2) is 0 Å². The molecule has 2 aliphatic heterocycles. The lowest BCUT2D eigenvalue weighted by Crippen LogP contribution is -2.70. The zero-order valence-electron chi connectivity index (χ0n) is 10.7. The molecule has 2 N–H and O–H groups in total. The van der Waals surface area contributed by atoms with Crippen LogP contribution in [0.4, 0.5) is 0 Å². The van der Waals surface area contributed by atoms with Gasteiger partial charge in [0.05, 0.1) is 0 Å². The van der Waals surface area contributed by atoms with E-state index in [1.165, 1.54) is 4.31 Å². The monoisotopic (exact) mass is 261 g/mol. The molecule has 100 valence electrons. The van der Waals surface area contributed by atoms with Crippen LogP contribution >= 0.6 is 0 Å². The van der Waals surface area contributed by atoms with Crippen molar-refractivity contribution < 1.29 is 8.42 Å². The molecule has 0 spiro atoms. The third kappa shape index (κ3) is 2.50. The Bertz CT molecular complexity index is 368. The van der Waals surface area contributed by atoms with E-state index in [1.54, 1.807) is 4.31 Å². The van der Waals surface area contributed by atoms with Crippen molar-refractivity contribution in [3.8, 4) is 0 Å². The van der Waals surface area contributed by atoms with E-state index in [4.69, 9.17) is 5.73 Å². The van der Waals surface area contributed by atoms with Gasteiger partial charge in [-0.2, -0.15) is 17.0 Å². The highest BCUT2D eigenvalue weighted by molar-refractivity contribution is 7.86. The first-order valence-electron chi connectivity index (χ1n) is 6.41. The maximum atomic E-state index is 12.3. The average molecular weight is 261 g/mol. The first-order chi connectivity index (χ1) is 7.87. The van der Waals surface area contributed by atoms with Crippen LogP contribution in [0, 0.1) is 5.92 Å². The Kier molecular flexibility index (Phi) is 3.51. The number of hydrogen-bond acceptors (Lipinski definition) is 3. The maximum absolute atomic E-state index is 12.3. The third-order valence-corrected chi connectivity index (χ3v) is 6.01. The molecule has 0 amide bonds. The molecule has 2 rings (SSSR count). The van der Waals surface area contributed by atoms with Crippen molar-refractivity contribution in [3.05, 3.63) is 0 Å². The number of rotatable bonds is 3. The van der Waals surface area contributed by atoms with Crippen molar-refractivity contribution in [1.82, 2.24) is 8.61 Å². The van der Waals surface area contributed by atoms with Gasteiger partial charge in [0.25, 0.3) is 10.2 Å². The summed E-state index contributed by atoms with van der Waals surface area (Å²) in [6, 6.07) is 0. The second-order valence-corrected chi connectivity index (χ2v) is 7.50. The molecule has 2 aliphatic rings. The molecule has 0 aromatic heterocycles. The summed E-state index contributed by atoms with van der Waals surface area (Å²) in [5, 5.41) is 0. The van der Waals surface area contributed by atoms with Crippen LogP contribution in [0.15, 0.2) is 0 Å². The molecular formula is C11H23N3O2S. The zero-order chi connectivity index (χ0) is 12.7. The highest BCUT2D eigenvalue weighted by Crippen LogP contribution is 2.28. The maximum Gasteiger partial charge on any atom is 0.282 e. The standard InChI is InChI=1S/C11H23N3O2S/c1-3-11(12)8-14(9-11)17(15,16)13-6-4-10(2)5-7-13/h10H,3-9,12H2,1-2H3. The number of nitrogens with two attached hydrogens (primary N) is 1. The van der Waals surface area contributed by atoms with E-state index in [9.17, 15) is 8.42 Å². The molecule has 0 atom stereocenters. The summed E-state index contributed by atoms with van der Waals surface area (Å²) < 4.78 is 27.7. The lowest BCUT2D eigenvalue weighted by Gasteiger charge is -2.48. The molecule has 17 heavy (non-hydrogen) atoms. The highest BCUT2D eigenvalue weighted by Gasteiger charge is 2.46. The van der Waals surface area contributed by atoms with Gasteiger partial charge in [0.2, 0.25) is 0 Å². The van der Waals surface area contributed by atoms with Gasteiger partial charge in [-0.3, -0.25) is 0 Å². The fraction of sp³-hybridized carbons (Fsp3) is 1.00. The SMILES string of the molecule is CCC1(N)CN(S(=O)(=O)N2CCC(C)CC2)C1. The molecule has 2 heterocycles. The Morgan fingerprint density at radius 2 is 1.76 bits per heavy atom. The fourth-order valence-electron chi connectivity index (χ4n) is 2.42. The van der Waals surface area contributed by atoms with Crippen LogP contribution in [0.3, 0.4) is 0 Å². The molecule has 6 heteroatoms. The van der Waals surface area contributed by atoms with Gasteiger partial charge in [-0.15, -0.1) is 0 Å². The summed E-state index contributed by atoms with van der Waals surface area (Å²) in [7, 11) is -3.24. The van der Waals surface area contributed by atoms with Crippen molar-refractivity contribution in [2.24, 2.45) is 11.7 Å². The Balaban J connectivity index is 1.97. The van der Waals surface area contributed by atoms with Crippen molar-refractivity contribution in [2.45, 2.75) is 38.6 Å². The predicted molar refractivity (Wildman–Crippen MR) is 67.7 cm³/mol. The van der Waals surface area contributed by atoms with Gasteiger partial charge in [-0.25, -0.2) is 0 Å². The Morgan fingerprint density at radius 1 is 1.24 bits per heavy atom. The zero-order valence-corrected chi connectivity index (χ0v) is 11.5. The van der Waals surface area contributed by atoms with E-state index in [2.05, 4.69) is 6.92 Å². The van der Waals surface area contributed by atoms with Gasteiger partial charge < -0.3 is 5.73 Å². The molecule has 0 aromatic rings. The molecule has 0 radical (unpaired) electrons. The van der Waals surface area contributed by atoms with Crippen LogP contribution in [0.5, 0.6) is 0 Å². The highest BCUT2D eigenvalue weighted by atomic mass is 32.2. The van der Waals surface area contributed by atoms with E-state index in [1.807, 2.05) is 6.92 Å². The normalized spacial score (nSPS) is 27.9. The van der Waals surface area contributed by atoms with Crippen LogP contribution in [-0.2, 0) is 10.2 Å². The van der Waals surface area contributed by atoms with Gasteiger partial charge in [0, 0.05) is 31.7 Å². The second kappa shape index (κ2) is 4.50. The van der Waals surface area contributed by atoms with Crippen molar-refractivity contribution in [2.75, 3.05) is 26.2 Å². The van der Waals surface area contributed by atoms with Crippen LogP contribution in [0.25, 0.3) is 0 Å². The van der Waals surface area contributed by atoms with Crippen LogP contribution < -0.4 is 5.73 Å². The Hall–Kier alpha value is -0.170. The molecule has 0 saturated carbocycles.